The molecule has 1 atom stereocenters. The molecule has 1 aromatic heterocycles. The minimum absolute atomic E-state index is 0.188. The van der Waals surface area contributed by atoms with Crippen LogP contribution in [0.4, 0.5) is 0 Å². The summed E-state index contributed by atoms with van der Waals surface area (Å²) in [5.74, 6) is 1.84. The number of hydrogen-bond donors (Lipinski definition) is 0. The Hall–Kier alpha value is -2.59. The van der Waals surface area contributed by atoms with Crippen molar-refractivity contribution in [1.29, 1.82) is 0 Å². The van der Waals surface area contributed by atoms with Crippen LogP contribution in [0.25, 0.3) is 10.9 Å². The van der Waals surface area contributed by atoms with Crippen molar-refractivity contribution in [2.45, 2.75) is 32.5 Å². The molecule has 0 radical (unpaired) electrons. The van der Waals surface area contributed by atoms with Gasteiger partial charge in [0, 0.05) is 36.8 Å². The van der Waals surface area contributed by atoms with Crippen LogP contribution in [0.1, 0.15) is 24.5 Å². The molecule has 0 bridgehead atoms. The van der Waals surface area contributed by atoms with E-state index in [0.29, 0.717) is 0 Å². The molecule has 3 aromatic rings. The molecule has 0 fully saturated rings. The van der Waals surface area contributed by atoms with E-state index in [2.05, 4.69) is 47.1 Å². The molecule has 0 saturated heterocycles. The van der Waals surface area contributed by atoms with Gasteiger partial charge in [-0.1, -0.05) is 31.2 Å². The van der Waals surface area contributed by atoms with Gasteiger partial charge in [-0.05, 0) is 36.2 Å². The van der Waals surface area contributed by atoms with Crippen molar-refractivity contribution in [3.8, 4) is 11.5 Å². The molecule has 4 nitrogen and oxygen atoms in total. The van der Waals surface area contributed by atoms with E-state index in [1.54, 1.807) is 7.11 Å². The smallest absolute Gasteiger partial charge is 0.124 e. The molecule has 0 spiro atoms. The summed E-state index contributed by atoms with van der Waals surface area (Å²) < 4.78 is 11.6. The third-order valence-electron chi connectivity index (χ3n) is 4.98. The average molecular weight is 348 g/mol. The summed E-state index contributed by atoms with van der Waals surface area (Å²) in [6.45, 7) is 4.77. The molecule has 1 aliphatic heterocycles. The minimum Gasteiger partial charge on any atom is -0.497 e. The molecule has 2 heterocycles. The SMILES string of the molecule is CCC1CN(Cc2cccc3cccnc23)Cc2cc(OC)ccc2O1. The number of rotatable bonds is 4. The highest BCUT2D eigenvalue weighted by Crippen LogP contribution is 2.30. The lowest BCUT2D eigenvalue weighted by molar-refractivity contribution is 0.139. The van der Waals surface area contributed by atoms with Gasteiger partial charge in [-0.3, -0.25) is 9.88 Å². The number of aromatic nitrogens is 1. The lowest BCUT2D eigenvalue weighted by Gasteiger charge is -2.23. The van der Waals surface area contributed by atoms with Crippen LogP contribution >= 0.6 is 0 Å². The van der Waals surface area contributed by atoms with E-state index < -0.39 is 0 Å². The summed E-state index contributed by atoms with van der Waals surface area (Å²) >= 11 is 0. The second-order valence-corrected chi connectivity index (χ2v) is 6.78. The maximum Gasteiger partial charge on any atom is 0.124 e. The number of pyridine rings is 1. The van der Waals surface area contributed by atoms with Crippen LogP contribution in [0.5, 0.6) is 11.5 Å². The summed E-state index contributed by atoms with van der Waals surface area (Å²) in [4.78, 5) is 7.05. The Kier molecular flexibility index (Phi) is 4.76. The number of nitrogens with zero attached hydrogens (tertiary/aromatic N) is 2. The number of ether oxygens (including phenoxy) is 2. The van der Waals surface area contributed by atoms with Gasteiger partial charge in [0.15, 0.2) is 0 Å². The maximum absolute atomic E-state index is 6.25. The second kappa shape index (κ2) is 7.34. The largest absolute Gasteiger partial charge is 0.497 e. The topological polar surface area (TPSA) is 34.6 Å². The summed E-state index contributed by atoms with van der Waals surface area (Å²) in [5.41, 5.74) is 3.51. The summed E-state index contributed by atoms with van der Waals surface area (Å²) in [6, 6.07) is 16.6. The van der Waals surface area contributed by atoms with Gasteiger partial charge in [0.25, 0.3) is 0 Å². The number of hydrogen-bond acceptors (Lipinski definition) is 4. The van der Waals surface area contributed by atoms with Crippen LogP contribution in [0, 0.1) is 0 Å². The number of methoxy groups -OCH3 is 1. The Balaban J connectivity index is 1.66. The van der Waals surface area contributed by atoms with Crippen molar-refractivity contribution in [2.24, 2.45) is 0 Å². The van der Waals surface area contributed by atoms with E-state index in [-0.39, 0.29) is 6.10 Å². The van der Waals surface area contributed by atoms with Gasteiger partial charge in [-0.15, -0.1) is 0 Å². The van der Waals surface area contributed by atoms with Crippen LogP contribution < -0.4 is 9.47 Å². The highest BCUT2D eigenvalue weighted by Gasteiger charge is 2.23. The maximum atomic E-state index is 6.25. The molecule has 0 saturated carbocycles. The zero-order valence-electron chi connectivity index (χ0n) is 15.3. The molecule has 134 valence electrons. The molecule has 1 unspecified atom stereocenters. The predicted molar refractivity (Wildman–Crippen MR) is 104 cm³/mol. The molecule has 0 aliphatic carbocycles. The quantitative estimate of drug-likeness (QED) is 0.699. The summed E-state index contributed by atoms with van der Waals surface area (Å²) in [6.07, 6.45) is 3.04. The van der Waals surface area contributed by atoms with Gasteiger partial charge in [0.2, 0.25) is 0 Å². The van der Waals surface area contributed by atoms with E-state index in [0.717, 1.165) is 43.1 Å². The Morgan fingerprint density at radius 2 is 2.08 bits per heavy atom. The van der Waals surface area contributed by atoms with Crippen molar-refractivity contribution in [2.75, 3.05) is 13.7 Å². The normalized spacial score (nSPS) is 17.4. The predicted octanol–water partition coefficient (Wildman–Crippen LogP) is 4.42. The fraction of sp³-hybridized carbons (Fsp3) is 0.318. The van der Waals surface area contributed by atoms with Gasteiger partial charge in [0.05, 0.1) is 12.6 Å². The molecular formula is C22H24N2O2. The summed E-state index contributed by atoms with van der Waals surface area (Å²) in [5, 5.41) is 1.19. The third kappa shape index (κ3) is 3.37. The van der Waals surface area contributed by atoms with Crippen molar-refractivity contribution in [1.82, 2.24) is 9.88 Å². The Labute approximate surface area is 154 Å². The monoisotopic (exact) mass is 348 g/mol. The Morgan fingerprint density at radius 1 is 1.19 bits per heavy atom. The molecule has 4 rings (SSSR count). The van der Waals surface area contributed by atoms with Crippen molar-refractivity contribution in [3.05, 3.63) is 65.9 Å². The zero-order valence-corrected chi connectivity index (χ0v) is 15.3. The highest BCUT2D eigenvalue weighted by molar-refractivity contribution is 5.81. The average Bonchev–Trinajstić information content (AvgIpc) is 2.86. The van der Waals surface area contributed by atoms with Crippen LogP contribution in [0.2, 0.25) is 0 Å². The molecule has 26 heavy (non-hydrogen) atoms. The third-order valence-corrected chi connectivity index (χ3v) is 4.98. The van der Waals surface area contributed by atoms with Gasteiger partial charge >= 0.3 is 0 Å². The van der Waals surface area contributed by atoms with Crippen molar-refractivity contribution >= 4 is 10.9 Å². The molecule has 0 amide bonds. The van der Waals surface area contributed by atoms with Crippen LogP contribution in [-0.4, -0.2) is 29.6 Å². The van der Waals surface area contributed by atoms with Crippen molar-refractivity contribution in [3.63, 3.8) is 0 Å². The van der Waals surface area contributed by atoms with E-state index in [1.165, 1.54) is 16.5 Å². The molecule has 2 aromatic carbocycles. The number of para-hydroxylation sites is 1. The highest BCUT2D eigenvalue weighted by atomic mass is 16.5. The standard InChI is InChI=1S/C22H24N2O2/c1-3-19-15-24(14-18-12-20(25-2)9-10-21(18)26-19)13-17-7-4-6-16-8-5-11-23-22(16)17/h4-12,19H,3,13-15H2,1-2H3. The van der Waals surface area contributed by atoms with E-state index in [4.69, 9.17) is 9.47 Å². The van der Waals surface area contributed by atoms with Gasteiger partial charge in [0.1, 0.15) is 17.6 Å². The van der Waals surface area contributed by atoms with E-state index in [1.807, 2.05) is 24.4 Å². The van der Waals surface area contributed by atoms with Gasteiger partial charge in [-0.25, -0.2) is 0 Å². The lowest BCUT2D eigenvalue weighted by Crippen LogP contribution is -2.32. The Bertz CT molecular complexity index is 904. The van der Waals surface area contributed by atoms with Crippen LogP contribution in [0.15, 0.2) is 54.7 Å². The van der Waals surface area contributed by atoms with Gasteiger partial charge in [-0.2, -0.15) is 0 Å². The first-order chi connectivity index (χ1) is 12.8. The molecule has 4 heteroatoms. The van der Waals surface area contributed by atoms with Gasteiger partial charge < -0.3 is 9.47 Å². The molecule has 1 aliphatic rings. The van der Waals surface area contributed by atoms with Crippen LogP contribution in [0.3, 0.4) is 0 Å². The molecular weight excluding hydrogens is 324 g/mol. The number of benzene rings is 2. The molecule has 0 N–H and O–H groups in total. The fourth-order valence-electron chi connectivity index (χ4n) is 3.60. The fourth-order valence-corrected chi connectivity index (χ4v) is 3.60. The number of fused-ring (bicyclic) bond motifs is 2. The second-order valence-electron chi connectivity index (χ2n) is 6.78. The Morgan fingerprint density at radius 3 is 2.92 bits per heavy atom. The first-order valence-electron chi connectivity index (χ1n) is 9.15. The minimum atomic E-state index is 0.188. The van der Waals surface area contributed by atoms with Crippen LogP contribution in [-0.2, 0) is 13.1 Å². The van der Waals surface area contributed by atoms with Crippen molar-refractivity contribution < 1.29 is 9.47 Å². The van der Waals surface area contributed by atoms with E-state index in [9.17, 15) is 0 Å². The first kappa shape index (κ1) is 16.9. The lowest BCUT2D eigenvalue weighted by atomic mass is 10.1. The first-order valence-corrected chi connectivity index (χ1v) is 9.15. The van der Waals surface area contributed by atoms with E-state index >= 15 is 0 Å². The zero-order chi connectivity index (χ0) is 17.9. The summed E-state index contributed by atoms with van der Waals surface area (Å²) in [7, 11) is 1.70.